The number of phenols is 3. The first-order valence-electron chi connectivity index (χ1n) is 6.56. The smallest absolute Gasteiger partial charge is 0.196 e. The molecular weight excluding hydrogens is 290 g/mol. The second kappa shape index (κ2) is 5.34. The van der Waals surface area contributed by atoms with Crippen molar-refractivity contribution in [3.05, 3.63) is 39.9 Å². The van der Waals surface area contributed by atoms with Crippen LogP contribution in [0.15, 0.2) is 18.3 Å². The van der Waals surface area contributed by atoms with E-state index < -0.39 is 0 Å². The molecule has 0 aliphatic carbocycles. The van der Waals surface area contributed by atoms with Crippen molar-refractivity contribution in [2.24, 2.45) is 0 Å². The van der Waals surface area contributed by atoms with E-state index in [1.165, 1.54) is 12.1 Å². The van der Waals surface area contributed by atoms with Gasteiger partial charge >= 0.3 is 0 Å². The fraction of sp³-hybridized carbons (Fsp3) is 0.286. The standard InChI is InChI=1S/C14H15N3O3S/c18-9-3-12(19)10(13(20)4-9)7-17-2-1-11-8(6-17)5-15-14(21)16-11/h3-5,18-20H,1-2,6-7H2,(H,15,16,21). The Hall–Kier alpha value is -2.12. The summed E-state index contributed by atoms with van der Waals surface area (Å²) in [5.41, 5.74) is 2.56. The highest BCUT2D eigenvalue weighted by Crippen LogP contribution is 2.33. The minimum Gasteiger partial charge on any atom is -0.508 e. The Kier molecular flexibility index (Phi) is 3.52. The summed E-state index contributed by atoms with van der Waals surface area (Å²) in [6.45, 7) is 1.84. The molecule has 3 rings (SSSR count). The van der Waals surface area contributed by atoms with Gasteiger partial charge in [-0.05, 0) is 12.2 Å². The van der Waals surface area contributed by atoms with Gasteiger partial charge in [-0.3, -0.25) is 4.90 Å². The van der Waals surface area contributed by atoms with Crippen molar-refractivity contribution in [1.82, 2.24) is 14.9 Å². The average molecular weight is 305 g/mol. The van der Waals surface area contributed by atoms with Crippen LogP contribution in [0.4, 0.5) is 0 Å². The van der Waals surface area contributed by atoms with E-state index in [1.807, 2.05) is 0 Å². The van der Waals surface area contributed by atoms with Crippen molar-refractivity contribution in [3.8, 4) is 17.2 Å². The second-order valence-corrected chi connectivity index (χ2v) is 5.50. The highest BCUT2D eigenvalue weighted by atomic mass is 32.1. The van der Waals surface area contributed by atoms with E-state index >= 15 is 0 Å². The quantitative estimate of drug-likeness (QED) is 0.633. The molecule has 1 aromatic carbocycles. The zero-order valence-electron chi connectivity index (χ0n) is 11.2. The van der Waals surface area contributed by atoms with Gasteiger partial charge in [-0.1, -0.05) is 0 Å². The highest BCUT2D eigenvalue weighted by molar-refractivity contribution is 7.71. The normalized spacial score (nSPS) is 14.9. The van der Waals surface area contributed by atoms with Crippen molar-refractivity contribution in [1.29, 1.82) is 0 Å². The molecule has 110 valence electrons. The van der Waals surface area contributed by atoms with Gasteiger partial charge in [0.1, 0.15) is 17.2 Å². The van der Waals surface area contributed by atoms with E-state index in [0.29, 0.717) is 23.4 Å². The van der Waals surface area contributed by atoms with Crippen LogP contribution in [0.5, 0.6) is 17.2 Å². The molecule has 1 aliphatic heterocycles. The summed E-state index contributed by atoms with van der Waals surface area (Å²) < 4.78 is 0.482. The van der Waals surface area contributed by atoms with Crippen LogP contribution < -0.4 is 0 Å². The van der Waals surface area contributed by atoms with E-state index in [-0.39, 0.29) is 17.2 Å². The third-order valence-electron chi connectivity index (χ3n) is 3.62. The summed E-state index contributed by atoms with van der Waals surface area (Å²) in [6, 6.07) is 2.46. The van der Waals surface area contributed by atoms with Crippen LogP contribution in [0, 0.1) is 4.77 Å². The van der Waals surface area contributed by atoms with E-state index in [9.17, 15) is 15.3 Å². The van der Waals surface area contributed by atoms with Crippen LogP contribution in [0.1, 0.15) is 16.8 Å². The van der Waals surface area contributed by atoms with Crippen LogP contribution in [-0.2, 0) is 19.5 Å². The van der Waals surface area contributed by atoms with Crippen molar-refractivity contribution in [2.45, 2.75) is 19.5 Å². The Labute approximate surface area is 126 Å². The molecule has 0 amide bonds. The number of fused-ring (bicyclic) bond motifs is 1. The first kappa shape index (κ1) is 13.8. The fourth-order valence-electron chi connectivity index (χ4n) is 2.55. The van der Waals surface area contributed by atoms with Crippen molar-refractivity contribution in [3.63, 3.8) is 0 Å². The first-order chi connectivity index (χ1) is 10.0. The van der Waals surface area contributed by atoms with Crippen LogP contribution >= 0.6 is 12.2 Å². The molecule has 0 unspecified atom stereocenters. The van der Waals surface area contributed by atoms with Gasteiger partial charge in [0.05, 0.1) is 0 Å². The van der Waals surface area contributed by atoms with Crippen LogP contribution in [0.3, 0.4) is 0 Å². The number of aromatic amines is 1. The van der Waals surface area contributed by atoms with Gasteiger partial charge in [-0.25, -0.2) is 4.98 Å². The minimum absolute atomic E-state index is 0.108. The molecule has 0 saturated carbocycles. The monoisotopic (exact) mass is 305 g/mol. The lowest BCUT2D eigenvalue weighted by Crippen LogP contribution is -2.30. The van der Waals surface area contributed by atoms with E-state index in [4.69, 9.17) is 12.2 Å². The number of phenolic OH excluding ortho intramolecular Hbond substituents is 3. The lowest BCUT2D eigenvalue weighted by atomic mass is 10.1. The van der Waals surface area contributed by atoms with Crippen molar-refractivity contribution in [2.75, 3.05) is 6.54 Å². The maximum Gasteiger partial charge on any atom is 0.196 e. The molecule has 1 aromatic heterocycles. The molecule has 1 aliphatic rings. The molecule has 0 spiro atoms. The first-order valence-corrected chi connectivity index (χ1v) is 6.97. The molecule has 2 heterocycles. The van der Waals surface area contributed by atoms with Crippen molar-refractivity contribution < 1.29 is 15.3 Å². The SMILES string of the molecule is Oc1cc(O)c(CN2CCc3[nH]c(=S)ncc3C2)c(O)c1. The van der Waals surface area contributed by atoms with E-state index in [0.717, 1.165) is 24.2 Å². The maximum absolute atomic E-state index is 9.86. The number of nitrogens with zero attached hydrogens (tertiary/aromatic N) is 2. The number of hydrogen-bond donors (Lipinski definition) is 4. The number of nitrogens with one attached hydrogen (secondary N) is 1. The molecule has 0 bridgehead atoms. The molecule has 2 aromatic rings. The van der Waals surface area contributed by atoms with E-state index in [1.54, 1.807) is 6.20 Å². The molecule has 7 heteroatoms. The third-order valence-corrected chi connectivity index (χ3v) is 3.83. The molecule has 0 saturated heterocycles. The second-order valence-electron chi connectivity index (χ2n) is 5.12. The van der Waals surface area contributed by atoms with Gasteiger partial charge in [-0.2, -0.15) is 0 Å². The predicted molar refractivity (Wildman–Crippen MR) is 78.7 cm³/mol. The topological polar surface area (TPSA) is 92.6 Å². The summed E-state index contributed by atoms with van der Waals surface area (Å²) in [6.07, 6.45) is 2.57. The Morgan fingerprint density at radius 2 is 1.95 bits per heavy atom. The van der Waals surface area contributed by atoms with Crippen LogP contribution in [-0.4, -0.2) is 36.7 Å². The molecule has 6 nitrogen and oxygen atoms in total. The summed E-state index contributed by atoms with van der Waals surface area (Å²) in [5, 5.41) is 29.0. The zero-order chi connectivity index (χ0) is 15.0. The number of aromatic hydroxyl groups is 3. The van der Waals surface area contributed by atoms with Gasteiger partial charge in [0, 0.05) is 61.2 Å². The predicted octanol–water partition coefficient (Wildman–Crippen LogP) is 1.81. The molecule has 0 fully saturated rings. The minimum atomic E-state index is -0.158. The molecule has 4 N–H and O–H groups in total. The number of H-pyrrole nitrogens is 1. The van der Waals surface area contributed by atoms with Gasteiger partial charge in [0.15, 0.2) is 4.77 Å². The molecule has 0 radical (unpaired) electrons. The molecule has 21 heavy (non-hydrogen) atoms. The zero-order valence-corrected chi connectivity index (χ0v) is 12.0. The van der Waals surface area contributed by atoms with Gasteiger partial charge in [0.25, 0.3) is 0 Å². The number of hydrogen-bond acceptors (Lipinski definition) is 6. The Morgan fingerprint density at radius 1 is 1.24 bits per heavy atom. The molecule has 0 atom stereocenters. The Morgan fingerprint density at radius 3 is 2.67 bits per heavy atom. The number of rotatable bonds is 2. The largest absolute Gasteiger partial charge is 0.508 e. The lowest BCUT2D eigenvalue weighted by Gasteiger charge is -2.28. The highest BCUT2D eigenvalue weighted by Gasteiger charge is 2.20. The van der Waals surface area contributed by atoms with Gasteiger partial charge in [-0.15, -0.1) is 0 Å². The number of benzene rings is 1. The molecular formula is C14H15N3O3S. The summed E-state index contributed by atoms with van der Waals surface area (Å²) in [5.74, 6) is -0.373. The van der Waals surface area contributed by atoms with Crippen LogP contribution in [0.25, 0.3) is 0 Å². The van der Waals surface area contributed by atoms with Gasteiger partial charge in [0.2, 0.25) is 0 Å². The summed E-state index contributed by atoms with van der Waals surface area (Å²) >= 11 is 5.01. The van der Waals surface area contributed by atoms with E-state index in [2.05, 4.69) is 14.9 Å². The fourth-order valence-corrected chi connectivity index (χ4v) is 2.73. The maximum atomic E-state index is 9.86. The Bertz CT molecular complexity index is 721. The number of aromatic nitrogens is 2. The summed E-state index contributed by atoms with van der Waals surface area (Å²) in [7, 11) is 0. The van der Waals surface area contributed by atoms with Crippen molar-refractivity contribution >= 4 is 12.2 Å². The third kappa shape index (κ3) is 2.84. The summed E-state index contributed by atoms with van der Waals surface area (Å²) in [4.78, 5) is 9.26. The van der Waals surface area contributed by atoms with Crippen LogP contribution in [0.2, 0.25) is 0 Å². The van der Waals surface area contributed by atoms with Gasteiger partial charge < -0.3 is 20.3 Å². The average Bonchev–Trinajstić information content (AvgIpc) is 2.43. The Balaban J connectivity index is 1.82. The lowest BCUT2D eigenvalue weighted by molar-refractivity contribution is 0.236.